The van der Waals surface area contributed by atoms with Crippen molar-refractivity contribution < 1.29 is 14.6 Å². The Balaban J connectivity index is 2.83. The Labute approximate surface area is 89.6 Å². The number of hydrogen-bond acceptors (Lipinski definition) is 4. The third-order valence-electron chi connectivity index (χ3n) is 2.08. The van der Waals surface area contributed by atoms with E-state index in [1.54, 1.807) is 7.11 Å². The van der Waals surface area contributed by atoms with Crippen LogP contribution >= 0.6 is 0 Å². The van der Waals surface area contributed by atoms with Crippen molar-refractivity contribution in [1.82, 2.24) is 0 Å². The second kappa shape index (κ2) is 6.40. The highest BCUT2D eigenvalue weighted by molar-refractivity contribution is 5.37. The second-order valence-electron chi connectivity index (χ2n) is 3.17. The van der Waals surface area contributed by atoms with Crippen LogP contribution in [0.25, 0.3) is 0 Å². The first kappa shape index (κ1) is 12.0. The van der Waals surface area contributed by atoms with E-state index in [9.17, 15) is 0 Å². The number of hydrogen-bond donors (Lipinski definition) is 2. The summed E-state index contributed by atoms with van der Waals surface area (Å²) in [6.07, 6.45) is 0.573. The van der Waals surface area contributed by atoms with E-state index in [1.165, 1.54) is 0 Å². The minimum Gasteiger partial charge on any atom is -0.467 e. The third kappa shape index (κ3) is 3.51. The van der Waals surface area contributed by atoms with Crippen molar-refractivity contribution in [2.24, 2.45) is 5.73 Å². The Morgan fingerprint density at radius 2 is 2.20 bits per heavy atom. The molecule has 0 amide bonds. The minimum atomic E-state index is 0.102. The molecule has 0 aliphatic rings. The molecule has 0 saturated carbocycles. The fourth-order valence-electron chi connectivity index (χ4n) is 1.31. The average Bonchev–Trinajstić information content (AvgIpc) is 2.28. The number of nitrogens with two attached hydrogens (primary N) is 1. The number of aliphatic hydroxyl groups is 1. The molecule has 0 atom stereocenters. The minimum absolute atomic E-state index is 0.102. The van der Waals surface area contributed by atoms with E-state index < -0.39 is 0 Å². The van der Waals surface area contributed by atoms with Crippen molar-refractivity contribution in [3.63, 3.8) is 0 Å². The van der Waals surface area contributed by atoms with Gasteiger partial charge in [-0.05, 0) is 23.6 Å². The largest absolute Gasteiger partial charge is 0.467 e. The van der Waals surface area contributed by atoms with Crippen LogP contribution in [0, 0.1) is 0 Å². The van der Waals surface area contributed by atoms with Gasteiger partial charge >= 0.3 is 0 Å². The van der Waals surface area contributed by atoms with Crippen molar-refractivity contribution >= 4 is 0 Å². The van der Waals surface area contributed by atoms with E-state index in [-0.39, 0.29) is 13.4 Å². The zero-order chi connectivity index (χ0) is 11.1. The topological polar surface area (TPSA) is 64.7 Å². The quantitative estimate of drug-likeness (QED) is 0.678. The summed E-state index contributed by atoms with van der Waals surface area (Å²) in [5.41, 5.74) is 7.50. The summed E-state index contributed by atoms with van der Waals surface area (Å²) in [5, 5.41) is 8.88. The van der Waals surface area contributed by atoms with Gasteiger partial charge in [0.1, 0.15) is 5.75 Å². The van der Waals surface area contributed by atoms with Gasteiger partial charge in [-0.15, -0.1) is 0 Å². The average molecular weight is 211 g/mol. The van der Waals surface area contributed by atoms with Crippen molar-refractivity contribution in [1.29, 1.82) is 0 Å². The maximum Gasteiger partial charge on any atom is 0.188 e. The van der Waals surface area contributed by atoms with Crippen LogP contribution in [0.1, 0.15) is 11.1 Å². The molecule has 84 valence electrons. The molecule has 4 heteroatoms. The summed E-state index contributed by atoms with van der Waals surface area (Å²) in [4.78, 5) is 0. The van der Waals surface area contributed by atoms with Gasteiger partial charge in [0.2, 0.25) is 0 Å². The lowest BCUT2D eigenvalue weighted by Gasteiger charge is -2.11. The molecule has 0 radical (unpaired) electrons. The Morgan fingerprint density at radius 1 is 1.40 bits per heavy atom. The lowest BCUT2D eigenvalue weighted by atomic mass is 10.1. The molecule has 4 nitrogen and oxygen atoms in total. The molecule has 0 spiro atoms. The van der Waals surface area contributed by atoms with Crippen molar-refractivity contribution in [3.05, 3.63) is 29.3 Å². The fraction of sp³-hybridized carbons (Fsp3) is 0.455. The molecule has 0 bridgehead atoms. The van der Waals surface area contributed by atoms with Crippen LogP contribution in [0.3, 0.4) is 0 Å². The van der Waals surface area contributed by atoms with E-state index in [4.69, 9.17) is 20.3 Å². The van der Waals surface area contributed by atoms with Crippen LogP contribution in [0.4, 0.5) is 0 Å². The number of aliphatic hydroxyl groups excluding tert-OH is 1. The van der Waals surface area contributed by atoms with E-state index in [1.807, 2.05) is 18.2 Å². The van der Waals surface area contributed by atoms with Crippen LogP contribution in [0.5, 0.6) is 5.75 Å². The van der Waals surface area contributed by atoms with Crippen LogP contribution < -0.4 is 10.5 Å². The fourth-order valence-corrected chi connectivity index (χ4v) is 1.31. The van der Waals surface area contributed by atoms with Gasteiger partial charge in [0.25, 0.3) is 0 Å². The van der Waals surface area contributed by atoms with Gasteiger partial charge in [-0.1, -0.05) is 12.1 Å². The van der Waals surface area contributed by atoms with Crippen molar-refractivity contribution in [2.75, 3.05) is 20.5 Å². The molecule has 0 aromatic heterocycles. The molecular weight excluding hydrogens is 194 g/mol. The smallest absolute Gasteiger partial charge is 0.188 e. The standard InChI is InChI=1S/C11H17NO3/c1-14-8-15-11-6-9(7-12)2-3-10(11)4-5-13/h2-3,6,13H,4-5,7-8,12H2,1H3. The molecule has 3 N–H and O–H groups in total. The SMILES string of the molecule is COCOc1cc(CN)ccc1CCO. The number of rotatable bonds is 6. The summed E-state index contributed by atoms with van der Waals surface area (Å²) in [6.45, 7) is 0.778. The monoisotopic (exact) mass is 211 g/mol. The predicted octanol–water partition coefficient (Wildman–Crippen LogP) is 0.663. The predicted molar refractivity (Wildman–Crippen MR) is 57.6 cm³/mol. The van der Waals surface area contributed by atoms with Gasteiger partial charge in [0.05, 0.1) is 0 Å². The normalized spacial score (nSPS) is 10.3. The van der Waals surface area contributed by atoms with E-state index in [0.717, 1.165) is 16.9 Å². The summed E-state index contributed by atoms with van der Waals surface area (Å²) in [6, 6.07) is 5.73. The maximum atomic E-state index is 8.88. The first-order valence-electron chi connectivity index (χ1n) is 4.86. The second-order valence-corrected chi connectivity index (χ2v) is 3.17. The Bertz CT molecular complexity index is 302. The van der Waals surface area contributed by atoms with E-state index in [2.05, 4.69) is 0 Å². The number of methoxy groups -OCH3 is 1. The summed E-state index contributed by atoms with van der Waals surface area (Å²) < 4.78 is 10.2. The van der Waals surface area contributed by atoms with E-state index in [0.29, 0.717) is 13.0 Å². The lowest BCUT2D eigenvalue weighted by molar-refractivity contribution is 0.0502. The van der Waals surface area contributed by atoms with Crippen molar-refractivity contribution in [2.45, 2.75) is 13.0 Å². The van der Waals surface area contributed by atoms with Crippen LogP contribution in [-0.4, -0.2) is 25.6 Å². The van der Waals surface area contributed by atoms with Crippen LogP contribution in [0.15, 0.2) is 18.2 Å². The molecule has 1 aromatic carbocycles. The molecule has 0 aliphatic carbocycles. The van der Waals surface area contributed by atoms with Gasteiger partial charge in [-0.3, -0.25) is 0 Å². The first-order chi connectivity index (χ1) is 7.31. The van der Waals surface area contributed by atoms with Crippen LogP contribution in [-0.2, 0) is 17.7 Å². The third-order valence-corrected chi connectivity index (χ3v) is 2.08. The van der Waals surface area contributed by atoms with Crippen LogP contribution in [0.2, 0.25) is 0 Å². The summed E-state index contributed by atoms with van der Waals surface area (Å²) >= 11 is 0. The Hall–Kier alpha value is -1.10. The van der Waals surface area contributed by atoms with E-state index >= 15 is 0 Å². The molecule has 15 heavy (non-hydrogen) atoms. The lowest BCUT2D eigenvalue weighted by Crippen LogP contribution is -2.05. The summed E-state index contributed by atoms with van der Waals surface area (Å²) in [7, 11) is 1.57. The molecule has 1 rings (SSSR count). The number of ether oxygens (including phenoxy) is 2. The highest BCUT2D eigenvalue weighted by Gasteiger charge is 2.04. The zero-order valence-electron chi connectivity index (χ0n) is 8.90. The molecule has 0 heterocycles. The highest BCUT2D eigenvalue weighted by atomic mass is 16.7. The van der Waals surface area contributed by atoms with Gasteiger partial charge in [-0.25, -0.2) is 0 Å². The van der Waals surface area contributed by atoms with Gasteiger partial charge in [-0.2, -0.15) is 0 Å². The van der Waals surface area contributed by atoms with Gasteiger partial charge in [0.15, 0.2) is 6.79 Å². The molecule has 0 unspecified atom stereocenters. The Morgan fingerprint density at radius 3 is 2.80 bits per heavy atom. The zero-order valence-corrected chi connectivity index (χ0v) is 8.90. The molecule has 0 saturated heterocycles. The molecular formula is C11H17NO3. The first-order valence-corrected chi connectivity index (χ1v) is 4.86. The molecule has 0 fully saturated rings. The van der Waals surface area contributed by atoms with Gasteiger partial charge < -0.3 is 20.3 Å². The maximum absolute atomic E-state index is 8.88. The Kier molecular flexibility index (Phi) is 5.10. The van der Waals surface area contributed by atoms with Crippen molar-refractivity contribution in [3.8, 4) is 5.75 Å². The summed E-state index contributed by atoms with van der Waals surface area (Å²) in [5.74, 6) is 0.730. The molecule has 1 aromatic rings. The molecule has 0 aliphatic heterocycles. The van der Waals surface area contributed by atoms with Gasteiger partial charge in [0, 0.05) is 20.3 Å². The number of benzene rings is 1. The highest BCUT2D eigenvalue weighted by Crippen LogP contribution is 2.21.